The second-order valence-corrected chi connectivity index (χ2v) is 9.42. The van der Waals surface area contributed by atoms with Gasteiger partial charge in [0, 0.05) is 11.4 Å². The molecule has 1 aliphatic rings. The van der Waals surface area contributed by atoms with Gasteiger partial charge in [0.15, 0.2) is 17.1 Å². The van der Waals surface area contributed by atoms with Gasteiger partial charge in [0.25, 0.3) is 11.8 Å². The molecule has 36 heavy (non-hydrogen) atoms. The predicted molar refractivity (Wildman–Crippen MR) is 132 cm³/mol. The number of carbonyl (C=O) groups is 2. The van der Waals surface area contributed by atoms with E-state index in [0.717, 1.165) is 22.3 Å². The number of hydrogen-bond donors (Lipinski definition) is 0. The largest absolute Gasteiger partial charge is 0.298 e. The average Bonchev–Trinajstić information content (AvgIpc) is 3.47. The highest BCUT2D eigenvalue weighted by molar-refractivity contribution is 6.21. The third kappa shape index (κ3) is 3.02. The van der Waals surface area contributed by atoms with E-state index in [1.54, 1.807) is 47.2 Å². The van der Waals surface area contributed by atoms with E-state index in [0.29, 0.717) is 28.2 Å². The summed E-state index contributed by atoms with van der Waals surface area (Å²) in [5, 5.41) is 5.47. The number of rotatable bonds is 4. The SMILES string of the molecule is Cc1c(C)n(-c2ccc(F)cc2)c2ncn3nc(C(C(C)C)N4C(=O)c5ccccc5C4=O)nc3c12. The molecule has 1 unspecified atom stereocenters. The van der Waals surface area contributed by atoms with Crippen molar-refractivity contribution < 1.29 is 14.0 Å². The van der Waals surface area contributed by atoms with Crippen LogP contribution in [0.5, 0.6) is 0 Å². The van der Waals surface area contributed by atoms with E-state index in [2.05, 4.69) is 10.1 Å². The second kappa shape index (κ2) is 7.81. The molecule has 0 N–H and O–H groups in total. The van der Waals surface area contributed by atoms with Crippen molar-refractivity contribution in [3.8, 4) is 5.69 Å². The number of imide groups is 1. The number of aromatic nitrogens is 5. The standard InChI is InChI=1S/C27H23FN6O2/c1-14(2)22(34-26(35)19-7-5-6-8-20(19)27(34)36)23-30-25-21-15(3)16(4)33(18-11-9-17(28)10-12-18)24(21)29-13-32(25)31-23/h5-14,22H,1-4H3. The maximum atomic E-state index is 13.5. The third-order valence-corrected chi connectivity index (χ3v) is 6.93. The van der Waals surface area contributed by atoms with E-state index >= 15 is 0 Å². The Kier molecular flexibility index (Phi) is 4.79. The topological polar surface area (TPSA) is 85.4 Å². The molecule has 180 valence electrons. The van der Waals surface area contributed by atoms with Crippen molar-refractivity contribution in [2.24, 2.45) is 5.92 Å². The van der Waals surface area contributed by atoms with Crippen molar-refractivity contribution in [1.82, 2.24) is 29.0 Å². The number of halogens is 1. The Morgan fingerprint density at radius 2 is 1.53 bits per heavy atom. The normalized spacial score (nSPS) is 14.4. The van der Waals surface area contributed by atoms with Gasteiger partial charge in [0.05, 0.1) is 16.5 Å². The highest BCUT2D eigenvalue weighted by Crippen LogP contribution is 2.36. The molecular formula is C27H23FN6O2. The van der Waals surface area contributed by atoms with E-state index < -0.39 is 6.04 Å². The van der Waals surface area contributed by atoms with E-state index in [-0.39, 0.29) is 23.5 Å². The molecule has 5 aromatic rings. The molecule has 3 aromatic heterocycles. The fraction of sp³-hybridized carbons (Fsp3) is 0.222. The molecule has 1 atom stereocenters. The van der Waals surface area contributed by atoms with Crippen LogP contribution < -0.4 is 0 Å². The molecule has 4 heterocycles. The van der Waals surface area contributed by atoms with Gasteiger partial charge in [-0.25, -0.2) is 18.9 Å². The molecule has 0 saturated heterocycles. The van der Waals surface area contributed by atoms with Crippen molar-refractivity contribution in [1.29, 1.82) is 0 Å². The Morgan fingerprint density at radius 1 is 0.889 bits per heavy atom. The van der Waals surface area contributed by atoms with Crippen LogP contribution in [0.2, 0.25) is 0 Å². The average molecular weight is 483 g/mol. The van der Waals surface area contributed by atoms with Crippen LogP contribution in [0.25, 0.3) is 22.4 Å². The molecule has 0 saturated carbocycles. The zero-order valence-corrected chi connectivity index (χ0v) is 20.2. The zero-order valence-electron chi connectivity index (χ0n) is 20.2. The maximum Gasteiger partial charge on any atom is 0.262 e. The molecule has 2 amide bonds. The monoisotopic (exact) mass is 482 g/mol. The molecule has 0 fully saturated rings. The smallest absolute Gasteiger partial charge is 0.262 e. The Bertz CT molecular complexity index is 1660. The van der Waals surface area contributed by atoms with Gasteiger partial charge in [-0.2, -0.15) is 0 Å². The highest BCUT2D eigenvalue weighted by atomic mass is 19.1. The first-order valence-corrected chi connectivity index (χ1v) is 11.7. The third-order valence-electron chi connectivity index (χ3n) is 6.93. The van der Waals surface area contributed by atoms with Crippen LogP contribution in [0.3, 0.4) is 0 Å². The molecule has 6 rings (SSSR count). The van der Waals surface area contributed by atoms with Gasteiger partial charge in [0.1, 0.15) is 18.2 Å². The van der Waals surface area contributed by atoms with Crippen LogP contribution in [0.15, 0.2) is 54.9 Å². The molecule has 8 nitrogen and oxygen atoms in total. The number of amides is 2. The van der Waals surface area contributed by atoms with Crippen molar-refractivity contribution in [3.63, 3.8) is 0 Å². The van der Waals surface area contributed by atoms with Gasteiger partial charge in [-0.15, -0.1) is 5.10 Å². The summed E-state index contributed by atoms with van der Waals surface area (Å²) < 4.78 is 17.1. The van der Waals surface area contributed by atoms with Crippen molar-refractivity contribution >= 4 is 28.5 Å². The Morgan fingerprint density at radius 3 is 2.14 bits per heavy atom. The Balaban J connectivity index is 1.52. The van der Waals surface area contributed by atoms with E-state index in [1.807, 2.05) is 32.3 Å². The lowest BCUT2D eigenvalue weighted by Crippen LogP contribution is -2.37. The van der Waals surface area contributed by atoms with E-state index in [9.17, 15) is 14.0 Å². The molecule has 0 spiro atoms. The molecular weight excluding hydrogens is 459 g/mol. The first-order valence-electron chi connectivity index (χ1n) is 11.7. The molecule has 1 aliphatic heterocycles. The number of fused-ring (bicyclic) bond motifs is 4. The number of carbonyl (C=O) groups excluding carboxylic acids is 2. The van der Waals surface area contributed by atoms with Crippen LogP contribution in [0.4, 0.5) is 4.39 Å². The quantitative estimate of drug-likeness (QED) is 0.343. The number of aryl methyl sites for hydroxylation is 1. The summed E-state index contributed by atoms with van der Waals surface area (Å²) in [6, 6.07) is 12.4. The van der Waals surface area contributed by atoms with Crippen LogP contribution in [-0.2, 0) is 0 Å². The van der Waals surface area contributed by atoms with Crippen LogP contribution in [0, 0.1) is 25.6 Å². The first kappa shape index (κ1) is 22.1. The van der Waals surface area contributed by atoms with Crippen LogP contribution in [0.1, 0.15) is 57.7 Å². The maximum absolute atomic E-state index is 13.5. The second-order valence-electron chi connectivity index (χ2n) is 9.42. The lowest BCUT2D eigenvalue weighted by Gasteiger charge is -2.26. The summed E-state index contributed by atoms with van der Waals surface area (Å²) >= 11 is 0. The summed E-state index contributed by atoms with van der Waals surface area (Å²) in [7, 11) is 0. The van der Waals surface area contributed by atoms with Crippen LogP contribution >= 0.6 is 0 Å². The van der Waals surface area contributed by atoms with Gasteiger partial charge < -0.3 is 0 Å². The Hall–Kier alpha value is -4.40. The van der Waals surface area contributed by atoms with Gasteiger partial charge >= 0.3 is 0 Å². The highest BCUT2D eigenvalue weighted by Gasteiger charge is 2.43. The summed E-state index contributed by atoms with van der Waals surface area (Å²) in [5.41, 5.74) is 4.74. The van der Waals surface area contributed by atoms with Crippen molar-refractivity contribution in [3.05, 3.63) is 88.9 Å². The van der Waals surface area contributed by atoms with Gasteiger partial charge in [-0.1, -0.05) is 26.0 Å². The summed E-state index contributed by atoms with van der Waals surface area (Å²) in [5.74, 6) is -0.744. The number of hydrogen-bond acceptors (Lipinski definition) is 5. The van der Waals surface area contributed by atoms with E-state index in [1.165, 1.54) is 17.0 Å². The Labute approximate surface area is 206 Å². The van der Waals surface area contributed by atoms with E-state index in [4.69, 9.17) is 4.98 Å². The predicted octanol–water partition coefficient (Wildman–Crippen LogP) is 4.82. The number of benzene rings is 2. The summed E-state index contributed by atoms with van der Waals surface area (Å²) in [4.78, 5) is 37.3. The minimum atomic E-state index is -0.645. The van der Waals surface area contributed by atoms with Crippen LogP contribution in [-0.4, -0.2) is 40.9 Å². The molecule has 2 aromatic carbocycles. The minimum absolute atomic E-state index is 0.125. The number of nitrogens with zero attached hydrogens (tertiary/aromatic N) is 6. The molecule has 0 radical (unpaired) electrons. The minimum Gasteiger partial charge on any atom is -0.298 e. The zero-order chi connectivity index (χ0) is 25.3. The fourth-order valence-electron chi connectivity index (χ4n) is 5.08. The van der Waals surface area contributed by atoms with Gasteiger partial charge in [-0.05, 0) is 61.7 Å². The van der Waals surface area contributed by atoms with Crippen molar-refractivity contribution in [2.75, 3.05) is 0 Å². The molecule has 0 aliphatic carbocycles. The molecule has 9 heteroatoms. The van der Waals surface area contributed by atoms with Crippen molar-refractivity contribution in [2.45, 2.75) is 33.7 Å². The summed E-state index contributed by atoms with van der Waals surface area (Å²) in [6.07, 6.45) is 1.58. The first-order chi connectivity index (χ1) is 17.3. The lowest BCUT2D eigenvalue weighted by molar-refractivity contribution is 0.0529. The lowest BCUT2D eigenvalue weighted by atomic mass is 10.0. The fourth-order valence-corrected chi connectivity index (χ4v) is 5.08. The summed E-state index contributed by atoms with van der Waals surface area (Å²) in [6.45, 7) is 7.84. The molecule has 0 bridgehead atoms. The van der Waals surface area contributed by atoms with Gasteiger partial charge in [0.2, 0.25) is 0 Å². The van der Waals surface area contributed by atoms with Gasteiger partial charge in [-0.3, -0.25) is 19.1 Å².